The molecule has 7 heterocycles. The number of carbonyl (C=O) groups excluding carboxylic acids is 3. The lowest BCUT2D eigenvalue weighted by Gasteiger charge is -2.47. The van der Waals surface area contributed by atoms with Gasteiger partial charge in [-0.1, -0.05) is 26.3 Å². The first kappa shape index (κ1) is 43.2. The second kappa shape index (κ2) is 16.2. The molecule has 0 unspecified atom stereocenters. The summed E-state index contributed by atoms with van der Waals surface area (Å²) in [5, 5.41) is 2.51. The van der Waals surface area contributed by atoms with Gasteiger partial charge in [-0.2, -0.15) is 8.42 Å². The van der Waals surface area contributed by atoms with E-state index in [1.165, 1.54) is 22.4 Å². The van der Waals surface area contributed by atoms with E-state index in [1.54, 1.807) is 0 Å². The molecule has 14 heteroatoms. The number of benzene rings is 2. The molecule has 6 aliphatic heterocycles. The highest BCUT2D eigenvalue weighted by Crippen LogP contribution is 2.52. The Hall–Kier alpha value is -5.08. The Morgan fingerprint density at radius 2 is 1.65 bits per heavy atom. The Balaban J connectivity index is 1.23. The van der Waals surface area contributed by atoms with Gasteiger partial charge in [-0.25, -0.2) is 18.5 Å². The Morgan fingerprint density at radius 3 is 2.38 bits per heavy atom. The van der Waals surface area contributed by atoms with Gasteiger partial charge in [0.15, 0.2) is 5.54 Å². The number of carbonyl (C=O) groups is 3. The molecule has 9 rings (SSSR count). The fourth-order valence-corrected chi connectivity index (χ4v) is 11.7. The molecule has 63 heavy (non-hydrogen) atoms. The van der Waals surface area contributed by atoms with Crippen molar-refractivity contribution in [1.29, 1.82) is 0 Å². The monoisotopic (exact) mass is 879 g/mol. The third-order valence-electron chi connectivity index (χ3n) is 13.9. The molecule has 3 aromatic rings. The molecule has 1 N–H and O–H groups in total. The first-order chi connectivity index (χ1) is 30.0. The Kier molecular flexibility index (Phi) is 11.1. The molecule has 0 aliphatic carbocycles. The lowest BCUT2D eigenvalue weighted by Crippen LogP contribution is -2.54. The number of imidazole rings is 1. The van der Waals surface area contributed by atoms with Gasteiger partial charge in [0.1, 0.15) is 36.2 Å². The van der Waals surface area contributed by atoms with Crippen molar-refractivity contribution >= 4 is 50.3 Å². The number of ether oxygens (including phenoxy) is 1. The minimum absolute atomic E-state index is 0.0589. The first-order valence-electron chi connectivity index (χ1n) is 23.1. The van der Waals surface area contributed by atoms with Crippen LogP contribution in [0.3, 0.4) is 0 Å². The van der Waals surface area contributed by atoms with Crippen molar-refractivity contribution in [3.05, 3.63) is 80.9 Å². The normalized spacial score (nSPS) is 19.2. The van der Waals surface area contributed by atoms with Gasteiger partial charge in [0.25, 0.3) is 27.8 Å². The van der Waals surface area contributed by atoms with Gasteiger partial charge in [0.2, 0.25) is 5.36 Å². The summed E-state index contributed by atoms with van der Waals surface area (Å²) in [6.07, 6.45) is 17.4. The van der Waals surface area contributed by atoms with E-state index in [0.717, 1.165) is 128 Å². The summed E-state index contributed by atoms with van der Waals surface area (Å²) in [6, 6.07) is 4.49. The topological polar surface area (TPSA) is 142 Å². The van der Waals surface area contributed by atoms with Crippen LogP contribution in [0.15, 0.2) is 36.7 Å². The number of hydroxylamine groups is 2. The molecule has 1 saturated heterocycles. The van der Waals surface area contributed by atoms with Crippen molar-refractivity contribution in [3.63, 3.8) is 0 Å². The molecule has 2 amide bonds. The van der Waals surface area contributed by atoms with Crippen molar-refractivity contribution in [2.45, 2.75) is 149 Å². The fraction of sp³-hybridized carbons (Fsp3) is 0.531. The van der Waals surface area contributed by atoms with E-state index in [4.69, 9.17) is 9.57 Å². The summed E-state index contributed by atoms with van der Waals surface area (Å²) in [7, 11) is -4.36. The quantitative estimate of drug-likeness (QED) is 0.0706. The van der Waals surface area contributed by atoms with E-state index in [-0.39, 0.29) is 24.8 Å². The van der Waals surface area contributed by atoms with E-state index in [1.807, 2.05) is 6.08 Å². The van der Waals surface area contributed by atoms with Crippen LogP contribution in [0.25, 0.3) is 16.7 Å². The number of imide groups is 1. The average Bonchev–Trinajstić information content (AvgIpc) is 3.78. The van der Waals surface area contributed by atoms with Crippen molar-refractivity contribution in [2.75, 3.05) is 23.7 Å². The van der Waals surface area contributed by atoms with Gasteiger partial charge < -0.3 is 14.5 Å². The predicted molar refractivity (Wildman–Crippen MR) is 240 cm³/mol. The predicted octanol–water partition coefficient (Wildman–Crippen LogP) is 5.94. The van der Waals surface area contributed by atoms with E-state index in [9.17, 15) is 27.4 Å². The smallest absolute Gasteiger partial charge is 0.333 e. The van der Waals surface area contributed by atoms with Crippen LogP contribution in [0.2, 0.25) is 0 Å². The zero-order chi connectivity index (χ0) is 44.6. The van der Waals surface area contributed by atoms with Crippen molar-refractivity contribution in [3.8, 4) is 11.5 Å². The first-order valence-corrected chi connectivity index (χ1v) is 24.7. The molecule has 0 saturated carbocycles. The van der Waals surface area contributed by atoms with Crippen molar-refractivity contribution in [2.24, 2.45) is 0 Å². The van der Waals surface area contributed by atoms with Gasteiger partial charge in [0, 0.05) is 68.0 Å². The maximum atomic E-state index is 12.7. The van der Waals surface area contributed by atoms with Crippen LogP contribution in [0.5, 0.6) is 11.5 Å². The van der Waals surface area contributed by atoms with E-state index < -0.39 is 39.2 Å². The molecule has 0 spiro atoms. The number of fused-ring (bicyclic) bond motifs is 4. The number of aromatic nitrogens is 2. The van der Waals surface area contributed by atoms with Crippen LogP contribution in [0.4, 0.5) is 5.69 Å². The van der Waals surface area contributed by atoms with Crippen molar-refractivity contribution in [1.82, 2.24) is 14.2 Å². The third-order valence-corrected chi connectivity index (χ3v) is 14.6. The molecule has 0 atom stereocenters. The molecule has 6 aliphatic rings. The maximum absolute atomic E-state index is 12.7. The fourth-order valence-electron chi connectivity index (χ4n) is 11.0. The largest absolute Gasteiger partial charge is 0.455 e. The summed E-state index contributed by atoms with van der Waals surface area (Å²) in [4.78, 5) is 44.3. The zero-order valence-electron chi connectivity index (χ0n) is 37.6. The highest BCUT2D eigenvalue weighted by atomic mass is 32.2. The zero-order valence-corrected chi connectivity index (χ0v) is 38.5. The third kappa shape index (κ3) is 7.64. The number of nitrogens with zero attached hydrogens (tertiary/aromatic N) is 5. The standard InChI is InChI=1S/C49H60N5O8S/c1-7-9-20-50-24-25-51(21-12-10-11-17-41(57)62-54-39(55)18-19-40(54)56)47(50)42-37-26-35-31(8-2)28-48(3,4)52-22-13-15-33(43(35)52)45(37)61-46-34-16-14-23-53-44(34)36(27-38(42)46)32(29-49(53,5)6)30-63(58,59)60/h24-29H,7-23,30H2,1-6H3/q+1/p+1. The van der Waals surface area contributed by atoms with E-state index in [2.05, 4.69) is 90.8 Å². The van der Waals surface area contributed by atoms with Crippen molar-refractivity contribution < 1.29 is 41.5 Å². The van der Waals surface area contributed by atoms with E-state index in [0.29, 0.717) is 23.6 Å². The summed E-state index contributed by atoms with van der Waals surface area (Å²) in [5.74, 6) is 0.717. The van der Waals surface area contributed by atoms with Gasteiger partial charge in [-0.15, -0.1) is 5.06 Å². The highest BCUT2D eigenvalue weighted by Gasteiger charge is 2.44. The molecular formula is C49H61N5O8S+2. The molecule has 2 aromatic carbocycles. The maximum Gasteiger partial charge on any atom is 0.333 e. The average molecular weight is 880 g/mol. The number of hydrogen-bond donors (Lipinski definition) is 1. The molecular weight excluding hydrogens is 819 g/mol. The number of amides is 2. The van der Waals surface area contributed by atoms with Crippen LogP contribution in [0.1, 0.15) is 146 Å². The van der Waals surface area contributed by atoms with Crippen LogP contribution in [-0.2, 0) is 55.3 Å². The molecule has 334 valence electrons. The van der Waals surface area contributed by atoms with Gasteiger partial charge >= 0.3 is 5.97 Å². The lowest BCUT2D eigenvalue weighted by atomic mass is 9.79. The summed E-state index contributed by atoms with van der Waals surface area (Å²) >= 11 is 0. The lowest BCUT2D eigenvalue weighted by molar-refractivity contribution is -0.699. The summed E-state index contributed by atoms with van der Waals surface area (Å²) in [5.41, 5.74) is 8.93. The molecule has 1 fully saturated rings. The number of anilines is 1. The van der Waals surface area contributed by atoms with Crippen LogP contribution in [-0.4, -0.2) is 70.3 Å². The van der Waals surface area contributed by atoms with E-state index >= 15 is 0 Å². The molecule has 0 bridgehead atoms. The van der Waals surface area contributed by atoms with Gasteiger partial charge in [0.05, 0.1) is 41.0 Å². The molecule has 1 aromatic heterocycles. The second-order valence-corrected chi connectivity index (χ2v) is 20.6. The summed E-state index contributed by atoms with van der Waals surface area (Å²) < 4.78 is 50.2. The summed E-state index contributed by atoms with van der Waals surface area (Å²) in [6.45, 7) is 16.5. The molecule has 13 nitrogen and oxygen atoms in total. The van der Waals surface area contributed by atoms with Crippen LogP contribution in [0, 0.1) is 0 Å². The number of allylic oxidation sites excluding steroid dienone is 1. The number of hydrogen-bond acceptors (Lipinski definition) is 8. The number of rotatable bonds is 14. The Labute approximate surface area is 370 Å². The Morgan fingerprint density at radius 1 is 0.889 bits per heavy atom. The van der Waals surface area contributed by atoms with Gasteiger partial charge in [-0.3, -0.25) is 14.1 Å². The van der Waals surface area contributed by atoms with Crippen LogP contribution < -0.4 is 29.4 Å². The minimum Gasteiger partial charge on any atom is -0.455 e. The SMILES string of the molecule is CCCC[n+]1ccn(CCCCCC(=O)ON2C(=O)CCC2=O)c1C1=c2cc3c4c(c2Oc2c1cc1c5c2CCCN5C(C)(C)C=C1CC)CCC[N+]=4C(C)(C)C=C3CS(=O)(=O)O. The second-order valence-electron chi connectivity index (χ2n) is 19.2. The minimum atomic E-state index is -4.36. The number of unbranched alkanes of at least 4 members (excludes halogenated alkanes) is 3. The highest BCUT2D eigenvalue weighted by molar-refractivity contribution is 7.86. The number of aryl methyl sites for hydroxylation is 2. The molecule has 0 radical (unpaired) electrons. The van der Waals surface area contributed by atoms with Crippen LogP contribution >= 0.6 is 0 Å². The Bertz CT molecular complexity index is 2760. The van der Waals surface area contributed by atoms with Gasteiger partial charge in [-0.05, 0) is 94.6 Å².